The van der Waals surface area contributed by atoms with Crippen LogP contribution in [0.25, 0.3) is 0 Å². The summed E-state index contributed by atoms with van der Waals surface area (Å²) in [5.74, 6) is -1.62. The Bertz CT molecular complexity index is 570. The lowest BCUT2D eigenvalue weighted by atomic mass is 10.1. The van der Waals surface area contributed by atoms with E-state index in [1.807, 2.05) is 0 Å². The van der Waals surface area contributed by atoms with Gasteiger partial charge in [-0.15, -0.1) is 0 Å². The van der Waals surface area contributed by atoms with Crippen molar-refractivity contribution >= 4 is 17.8 Å². The van der Waals surface area contributed by atoms with E-state index in [2.05, 4.69) is 0 Å². The fourth-order valence-electron chi connectivity index (χ4n) is 2.27. The molecule has 0 bridgehead atoms. The van der Waals surface area contributed by atoms with Crippen LogP contribution < -0.4 is 5.73 Å². The zero-order valence-corrected chi connectivity index (χ0v) is 12.0. The van der Waals surface area contributed by atoms with Gasteiger partial charge in [0.2, 0.25) is 11.8 Å². The molecule has 2 amide bonds. The molecule has 0 aliphatic carbocycles. The van der Waals surface area contributed by atoms with E-state index in [9.17, 15) is 14.4 Å². The molecule has 7 nitrogen and oxygen atoms in total. The van der Waals surface area contributed by atoms with E-state index in [1.54, 1.807) is 17.0 Å². The molecule has 3 N–H and O–H groups in total. The maximum Gasteiger partial charge on any atom is 0.335 e. The molecule has 1 aliphatic heterocycles. The van der Waals surface area contributed by atoms with Gasteiger partial charge >= 0.3 is 5.97 Å². The first kappa shape index (κ1) is 16.0. The number of morpholine rings is 1. The number of nitrogens with zero attached hydrogens (tertiary/aromatic N) is 1. The number of carbonyl (C=O) groups is 3. The van der Waals surface area contributed by atoms with Crippen LogP contribution in [0.4, 0.5) is 0 Å². The number of carboxylic acid groups (broad SMARTS) is 1. The number of rotatable bonds is 5. The Morgan fingerprint density at radius 1 is 1.27 bits per heavy atom. The SMILES string of the molecule is NC(=O)[C@H]1CN(C(=O)CCc2ccc(C(=O)O)cc2)CCO1. The van der Waals surface area contributed by atoms with Gasteiger partial charge in [-0.2, -0.15) is 0 Å². The molecule has 1 atom stereocenters. The number of primary amides is 1. The molecule has 22 heavy (non-hydrogen) atoms. The first-order chi connectivity index (χ1) is 10.5. The second-order valence-corrected chi connectivity index (χ2v) is 5.10. The van der Waals surface area contributed by atoms with E-state index in [4.69, 9.17) is 15.6 Å². The van der Waals surface area contributed by atoms with E-state index in [0.29, 0.717) is 19.6 Å². The van der Waals surface area contributed by atoms with Crippen molar-refractivity contribution in [1.29, 1.82) is 0 Å². The lowest BCUT2D eigenvalue weighted by Gasteiger charge is -2.31. The van der Waals surface area contributed by atoms with Crippen molar-refractivity contribution in [3.63, 3.8) is 0 Å². The van der Waals surface area contributed by atoms with Crippen LogP contribution in [0, 0.1) is 0 Å². The number of carbonyl (C=O) groups excluding carboxylic acids is 2. The van der Waals surface area contributed by atoms with Gasteiger partial charge in [0, 0.05) is 13.0 Å². The highest BCUT2D eigenvalue weighted by Gasteiger charge is 2.27. The molecule has 0 saturated carbocycles. The first-order valence-electron chi connectivity index (χ1n) is 6.98. The summed E-state index contributed by atoms with van der Waals surface area (Å²) in [7, 11) is 0. The molecule has 1 aromatic carbocycles. The van der Waals surface area contributed by atoms with Gasteiger partial charge in [-0.1, -0.05) is 12.1 Å². The summed E-state index contributed by atoms with van der Waals surface area (Å²) >= 11 is 0. The molecule has 1 aliphatic rings. The number of nitrogens with two attached hydrogens (primary N) is 1. The Hall–Kier alpha value is -2.41. The van der Waals surface area contributed by atoms with Crippen LogP contribution >= 0.6 is 0 Å². The third-order valence-corrected chi connectivity index (χ3v) is 3.56. The molecule has 0 spiro atoms. The van der Waals surface area contributed by atoms with Gasteiger partial charge in [0.1, 0.15) is 0 Å². The van der Waals surface area contributed by atoms with Crippen molar-refractivity contribution in [3.05, 3.63) is 35.4 Å². The van der Waals surface area contributed by atoms with Gasteiger partial charge in [-0.3, -0.25) is 9.59 Å². The summed E-state index contributed by atoms with van der Waals surface area (Å²) in [6.45, 7) is 0.930. The number of hydrogen-bond acceptors (Lipinski definition) is 4. The maximum atomic E-state index is 12.1. The van der Waals surface area contributed by atoms with Crippen LogP contribution in [0.1, 0.15) is 22.3 Å². The zero-order chi connectivity index (χ0) is 16.1. The predicted molar refractivity (Wildman–Crippen MR) is 77.2 cm³/mol. The molecule has 7 heteroatoms. The van der Waals surface area contributed by atoms with E-state index >= 15 is 0 Å². The number of hydrogen-bond donors (Lipinski definition) is 2. The van der Waals surface area contributed by atoms with Crippen LogP contribution in [-0.2, 0) is 20.7 Å². The Morgan fingerprint density at radius 3 is 2.55 bits per heavy atom. The van der Waals surface area contributed by atoms with Crippen molar-refractivity contribution in [3.8, 4) is 0 Å². The molecule has 1 aromatic rings. The van der Waals surface area contributed by atoms with Crippen molar-refractivity contribution in [2.75, 3.05) is 19.7 Å². The van der Waals surface area contributed by atoms with Crippen molar-refractivity contribution in [2.24, 2.45) is 5.73 Å². The normalized spacial score (nSPS) is 18.0. The summed E-state index contributed by atoms with van der Waals surface area (Å²) in [6.07, 6.45) is 0.0578. The average molecular weight is 306 g/mol. The van der Waals surface area contributed by atoms with Crippen LogP contribution in [0.15, 0.2) is 24.3 Å². The Kier molecular flexibility index (Phi) is 5.11. The maximum absolute atomic E-state index is 12.1. The minimum absolute atomic E-state index is 0.0724. The average Bonchev–Trinajstić information content (AvgIpc) is 2.53. The minimum atomic E-state index is -0.978. The fraction of sp³-hybridized carbons (Fsp3) is 0.400. The van der Waals surface area contributed by atoms with Crippen molar-refractivity contribution in [1.82, 2.24) is 4.90 Å². The van der Waals surface area contributed by atoms with E-state index in [0.717, 1.165) is 5.56 Å². The number of carboxylic acids is 1. The van der Waals surface area contributed by atoms with Gasteiger partial charge in [-0.05, 0) is 24.1 Å². The van der Waals surface area contributed by atoms with Gasteiger partial charge in [-0.25, -0.2) is 4.79 Å². The highest BCUT2D eigenvalue weighted by molar-refractivity contribution is 5.87. The summed E-state index contributed by atoms with van der Waals surface area (Å²) < 4.78 is 5.19. The quantitative estimate of drug-likeness (QED) is 0.797. The molecule has 1 fully saturated rings. The number of benzene rings is 1. The monoisotopic (exact) mass is 306 g/mol. The summed E-state index contributed by atoms with van der Waals surface area (Å²) in [5, 5.41) is 8.82. The highest BCUT2D eigenvalue weighted by Crippen LogP contribution is 2.11. The minimum Gasteiger partial charge on any atom is -0.478 e. The molecular weight excluding hydrogens is 288 g/mol. The van der Waals surface area contributed by atoms with E-state index in [1.165, 1.54) is 12.1 Å². The third kappa shape index (κ3) is 4.05. The molecule has 0 unspecified atom stereocenters. The van der Waals surface area contributed by atoms with E-state index < -0.39 is 18.0 Å². The van der Waals surface area contributed by atoms with Crippen LogP contribution in [-0.4, -0.2) is 53.6 Å². The molecular formula is C15H18N2O5. The molecule has 0 radical (unpaired) electrons. The fourth-order valence-corrected chi connectivity index (χ4v) is 2.27. The van der Waals surface area contributed by atoms with Crippen molar-refractivity contribution in [2.45, 2.75) is 18.9 Å². The zero-order valence-electron chi connectivity index (χ0n) is 12.0. The molecule has 0 aromatic heterocycles. The van der Waals surface area contributed by atoms with Crippen LogP contribution in [0.5, 0.6) is 0 Å². The molecule has 118 valence electrons. The van der Waals surface area contributed by atoms with Gasteiger partial charge in [0.15, 0.2) is 6.10 Å². The lowest BCUT2D eigenvalue weighted by molar-refractivity contribution is -0.145. The Morgan fingerprint density at radius 2 is 1.95 bits per heavy atom. The topological polar surface area (TPSA) is 110 Å². The number of amides is 2. The van der Waals surface area contributed by atoms with Crippen LogP contribution in [0.2, 0.25) is 0 Å². The van der Waals surface area contributed by atoms with Gasteiger partial charge in [0.05, 0.1) is 18.7 Å². The first-order valence-corrected chi connectivity index (χ1v) is 6.98. The van der Waals surface area contributed by atoms with Gasteiger partial charge < -0.3 is 20.5 Å². The summed E-state index contributed by atoms with van der Waals surface area (Å²) in [5.41, 5.74) is 6.29. The predicted octanol–water partition coefficient (Wildman–Crippen LogP) is 0.0301. The number of aryl methyl sites for hydroxylation is 1. The second-order valence-electron chi connectivity index (χ2n) is 5.10. The molecule has 1 saturated heterocycles. The van der Waals surface area contributed by atoms with Crippen LogP contribution in [0.3, 0.4) is 0 Å². The highest BCUT2D eigenvalue weighted by atomic mass is 16.5. The summed E-state index contributed by atoms with van der Waals surface area (Å²) in [6, 6.07) is 6.42. The Balaban J connectivity index is 1.86. The number of ether oxygens (including phenoxy) is 1. The second kappa shape index (κ2) is 7.04. The Labute approximate surface area is 127 Å². The third-order valence-electron chi connectivity index (χ3n) is 3.56. The smallest absolute Gasteiger partial charge is 0.335 e. The standard InChI is InChI=1S/C15H18N2O5/c16-14(19)12-9-17(7-8-22-12)13(18)6-3-10-1-4-11(5-2-10)15(20)21/h1-2,4-5,12H,3,6-9H2,(H2,16,19)(H,20,21)/t12-/m1/s1. The molecule has 1 heterocycles. The van der Waals surface area contributed by atoms with E-state index in [-0.39, 0.29) is 24.4 Å². The summed E-state index contributed by atoms with van der Waals surface area (Å²) in [4.78, 5) is 35.6. The number of aromatic carboxylic acids is 1. The largest absolute Gasteiger partial charge is 0.478 e. The lowest BCUT2D eigenvalue weighted by Crippen LogP contribution is -2.50. The van der Waals surface area contributed by atoms with Gasteiger partial charge in [0.25, 0.3) is 0 Å². The molecule has 2 rings (SSSR count). The van der Waals surface area contributed by atoms with Crippen molar-refractivity contribution < 1.29 is 24.2 Å².